The van der Waals surface area contributed by atoms with Crippen LogP contribution < -0.4 is 10.5 Å². The van der Waals surface area contributed by atoms with E-state index in [4.69, 9.17) is 4.98 Å². The summed E-state index contributed by atoms with van der Waals surface area (Å²) in [5.41, 5.74) is 4.61. The van der Waals surface area contributed by atoms with Crippen LogP contribution in [0.4, 0.5) is 15.8 Å². The van der Waals surface area contributed by atoms with Gasteiger partial charge in [0.1, 0.15) is 11.6 Å². The van der Waals surface area contributed by atoms with Gasteiger partial charge < -0.3 is 9.80 Å². The van der Waals surface area contributed by atoms with Crippen molar-refractivity contribution in [1.29, 1.82) is 0 Å². The Morgan fingerprint density at radius 3 is 2.51 bits per heavy atom. The first-order valence-electron chi connectivity index (χ1n) is 14.2. The van der Waals surface area contributed by atoms with Gasteiger partial charge in [-0.2, -0.15) is 0 Å². The molecule has 1 saturated heterocycles. The number of benzene rings is 3. The van der Waals surface area contributed by atoms with Gasteiger partial charge in [0.05, 0.1) is 10.9 Å². The van der Waals surface area contributed by atoms with E-state index in [2.05, 4.69) is 49.6 Å². The largest absolute Gasteiger partial charge is 0.341 e. The number of nitrogens with zero attached hydrogens (tertiary/aromatic N) is 4. The highest BCUT2D eigenvalue weighted by Gasteiger charge is 2.25. The molecule has 1 aromatic heterocycles. The van der Waals surface area contributed by atoms with Crippen molar-refractivity contribution in [3.8, 4) is 11.4 Å². The summed E-state index contributed by atoms with van der Waals surface area (Å²) in [5.74, 6) is 0.868. The van der Waals surface area contributed by atoms with Gasteiger partial charge in [0.15, 0.2) is 0 Å². The molecule has 4 aromatic rings. The van der Waals surface area contributed by atoms with Crippen LogP contribution in [0.2, 0.25) is 0 Å². The molecule has 1 aliphatic rings. The molecule has 0 amide bonds. The van der Waals surface area contributed by atoms with Gasteiger partial charge in [-0.25, -0.2) is 9.37 Å². The van der Waals surface area contributed by atoms with Crippen LogP contribution in [-0.4, -0.2) is 40.1 Å². The van der Waals surface area contributed by atoms with Crippen LogP contribution in [0.25, 0.3) is 22.3 Å². The lowest BCUT2D eigenvalue weighted by Gasteiger charge is -2.36. The zero-order valence-electron chi connectivity index (χ0n) is 23.5. The molecule has 1 atom stereocenters. The van der Waals surface area contributed by atoms with E-state index in [0.29, 0.717) is 29.4 Å². The third-order valence-corrected chi connectivity index (χ3v) is 7.94. The Bertz CT molecular complexity index is 1490. The molecule has 0 bridgehead atoms. The third kappa shape index (κ3) is 5.76. The van der Waals surface area contributed by atoms with E-state index in [1.165, 1.54) is 12.1 Å². The fourth-order valence-corrected chi connectivity index (χ4v) is 5.80. The standard InChI is InChI=1S/C33H39FN4O/c1-5-18-37(27-14-12-26(34)13-15-27)28-16-17-31-30(20-28)33(39)38(22-25-10-8-19-36(21-25)23(2)3)32(35-31)29-11-7-6-9-24(29)4/h6-7,9,11-17,20,23,25H,5,8,10,18-19,21-22H2,1-4H3. The van der Waals surface area contributed by atoms with E-state index in [1.807, 2.05) is 34.9 Å². The number of hydrogen-bond acceptors (Lipinski definition) is 4. The van der Waals surface area contributed by atoms with E-state index in [1.54, 1.807) is 12.1 Å². The predicted molar refractivity (Wildman–Crippen MR) is 159 cm³/mol. The zero-order chi connectivity index (χ0) is 27.5. The highest BCUT2D eigenvalue weighted by atomic mass is 19.1. The molecule has 0 aliphatic carbocycles. The van der Waals surface area contributed by atoms with Crippen LogP contribution in [0.5, 0.6) is 0 Å². The van der Waals surface area contributed by atoms with Gasteiger partial charge in [0.2, 0.25) is 0 Å². The van der Waals surface area contributed by atoms with Crippen LogP contribution >= 0.6 is 0 Å². The summed E-state index contributed by atoms with van der Waals surface area (Å²) in [5, 5.41) is 0.615. The Hall–Kier alpha value is -3.51. The van der Waals surface area contributed by atoms with Gasteiger partial charge in [-0.1, -0.05) is 31.2 Å². The Kier molecular flexibility index (Phi) is 8.12. The van der Waals surface area contributed by atoms with Gasteiger partial charge in [-0.05, 0) is 101 Å². The maximum atomic E-state index is 14.3. The quantitative estimate of drug-likeness (QED) is 0.244. The lowest BCUT2D eigenvalue weighted by molar-refractivity contribution is 0.130. The molecule has 0 saturated carbocycles. The lowest BCUT2D eigenvalue weighted by atomic mass is 9.96. The van der Waals surface area contributed by atoms with Crippen LogP contribution in [0.15, 0.2) is 71.5 Å². The molecule has 5 rings (SSSR count). The maximum Gasteiger partial charge on any atom is 0.261 e. The van der Waals surface area contributed by atoms with Crippen molar-refractivity contribution in [2.75, 3.05) is 24.5 Å². The average molecular weight is 527 g/mol. The van der Waals surface area contributed by atoms with Gasteiger partial charge >= 0.3 is 0 Å². The SMILES string of the molecule is CCCN(c1ccc(F)cc1)c1ccc2nc(-c3ccccc3C)n(CC3CCCN(C(C)C)C3)c(=O)c2c1. The number of hydrogen-bond donors (Lipinski definition) is 0. The van der Waals surface area contributed by atoms with Gasteiger partial charge in [0, 0.05) is 42.6 Å². The van der Waals surface area contributed by atoms with Crippen molar-refractivity contribution < 1.29 is 4.39 Å². The predicted octanol–water partition coefficient (Wildman–Crippen LogP) is 7.18. The highest BCUT2D eigenvalue weighted by Crippen LogP contribution is 2.30. The van der Waals surface area contributed by atoms with Crippen LogP contribution in [0, 0.1) is 18.7 Å². The zero-order valence-corrected chi connectivity index (χ0v) is 23.5. The Morgan fingerprint density at radius 1 is 1.05 bits per heavy atom. The van der Waals surface area contributed by atoms with E-state index < -0.39 is 0 Å². The molecule has 3 aromatic carbocycles. The summed E-state index contributed by atoms with van der Waals surface area (Å²) >= 11 is 0. The van der Waals surface area contributed by atoms with E-state index in [0.717, 1.165) is 67.2 Å². The molecule has 1 unspecified atom stereocenters. The Balaban J connectivity index is 1.63. The number of rotatable bonds is 8. The average Bonchev–Trinajstić information content (AvgIpc) is 2.94. The smallest absolute Gasteiger partial charge is 0.261 e. The summed E-state index contributed by atoms with van der Waals surface area (Å²) in [7, 11) is 0. The van der Waals surface area contributed by atoms with E-state index in [9.17, 15) is 9.18 Å². The minimum absolute atomic E-state index is 0.00247. The summed E-state index contributed by atoms with van der Waals surface area (Å²) in [6, 6.07) is 21.1. The molecular weight excluding hydrogens is 487 g/mol. The van der Waals surface area contributed by atoms with Crippen molar-refractivity contribution in [1.82, 2.24) is 14.5 Å². The molecular formula is C33H39FN4O. The molecule has 2 heterocycles. The monoisotopic (exact) mass is 526 g/mol. The number of halogens is 1. The first kappa shape index (κ1) is 27.1. The lowest BCUT2D eigenvalue weighted by Crippen LogP contribution is -2.42. The van der Waals surface area contributed by atoms with Crippen LogP contribution in [0.3, 0.4) is 0 Å². The normalized spacial score (nSPS) is 16.2. The molecule has 6 heteroatoms. The second-order valence-corrected chi connectivity index (χ2v) is 11.1. The van der Waals surface area contributed by atoms with Gasteiger partial charge in [0.25, 0.3) is 5.56 Å². The summed E-state index contributed by atoms with van der Waals surface area (Å²) in [4.78, 5) is 24.0. The van der Waals surface area contributed by atoms with Gasteiger partial charge in [-0.3, -0.25) is 9.36 Å². The number of aromatic nitrogens is 2. The van der Waals surface area contributed by atoms with Crippen molar-refractivity contribution >= 4 is 22.3 Å². The Morgan fingerprint density at radius 2 is 1.79 bits per heavy atom. The number of anilines is 2. The number of likely N-dealkylation sites (tertiary alicyclic amines) is 1. The summed E-state index contributed by atoms with van der Waals surface area (Å²) in [6.07, 6.45) is 3.17. The Labute approximate surface area is 230 Å². The molecule has 5 nitrogen and oxygen atoms in total. The molecule has 39 heavy (non-hydrogen) atoms. The van der Waals surface area contributed by atoms with Crippen LogP contribution in [0.1, 0.15) is 45.6 Å². The third-order valence-electron chi connectivity index (χ3n) is 7.94. The molecule has 204 valence electrons. The number of fused-ring (bicyclic) bond motifs is 1. The first-order valence-corrected chi connectivity index (χ1v) is 14.2. The van der Waals surface area contributed by atoms with Crippen molar-refractivity contribution in [2.45, 2.75) is 59.5 Å². The first-order chi connectivity index (χ1) is 18.9. The molecule has 0 radical (unpaired) electrons. The second-order valence-electron chi connectivity index (χ2n) is 11.1. The summed E-state index contributed by atoms with van der Waals surface area (Å²) < 4.78 is 15.6. The minimum atomic E-state index is -0.261. The van der Waals surface area contributed by atoms with Gasteiger partial charge in [-0.15, -0.1) is 0 Å². The van der Waals surface area contributed by atoms with Crippen molar-refractivity contribution in [2.24, 2.45) is 5.92 Å². The van der Waals surface area contributed by atoms with Crippen molar-refractivity contribution in [3.05, 3.63) is 88.5 Å². The number of aryl methyl sites for hydroxylation is 1. The number of piperidine rings is 1. The summed E-state index contributed by atoms with van der Waals surface area (Å²) in [6.45, 7) is 12.2. The fraction of sp³-hybridized carbons (Fsp3) is 0.394. The minimum Gasteiger partial charge on any atom is -0.341 e. The molecule has 0 spiro atoms. The fourth-order valence-electron chi connectivity index (χ4n) is 5.80. The topological polar surface area (TPSA) is 41.4 Å². The van der Waals surface area contributed by atoms with Crippen LogP contribution in [-0.2, 0) is 6.54 Å². The molecule has 0 N–H and O–H groups in total. The second kappa shape index (κ2) is 11.7. The van der Waals surface area contributed by atoms with E-state index in [-0.39, 0.29) is 11.4 Å². The molecule has 1 fully saturated rings. The van der Waals surface area contributed by atoms with E-state index >= 15 is 0 Å². The molecule has 1 aliphatic heterocycles. The maximum absolute atomic E-state index is 14.3. The van der Waals surface area contributed by atoms with Crippen molar-refractivity contribution in [3.63, 3.8) is 0 Å². The highest BCUT2D eigenvalue weighted by molar-refractivity contribution is 5.85.